The number of amides is 1. The molecule has 1 aliphatic rings. The lowest BCUT2D eigenvalue weighted by atomic mass is 9.89. The van der Waals surface area contributed by atoms with E-state index >= 15 is 0 Å². The number of carbonyl (C=O) groups is 1. The molecular weight excluding hydrogens is 448 g/mol. The average Bonchev–Trinajstić information content (AvgIpc) is 2.81. The summed E-state index contributed by atoms with van der Waals surface area (Å²) >= 11 is 6.05. The van der Waals surface area contributed by atoms with Crippen LogP contribution in [0, 0.1) is 17.0 Å². The number of aryl methyl sites for hydroxylation is 1. The van der Waals surface area contributed by atoms with E-state index in [4.69, 9.17) is 25.8 Å². The monoisotopic (exact) mass is 468 g/mol. The van der Waals surface area contributed by atoms with Gasteiger partial charge in [-0.3, -0.25) is 19.8 Å². The highest BCUT2D eigenvalue weighted by molar-refractivity contribution is 6.30. The van der Waals surface area contributed by atoms with Crippen molar-refractivity contribution in [1.82, 2.24) is 0 Å². The van der Waals surface area contributed by atoms with E-state index in [0.717, 1.165) is 11.1 Å². The number of hydrogen-bond acceptors (Lipinski definition) is 6. The van der Waals surface area contributed by atoms with Crippen molar-refractivity contribution in [3.8, 4) is 17.2 Å². The van der Waals surface area contributed by atoms with Crippen LogP contribution >= 0.6 is 11.6 Å². The average molecular weight is 469 g/mol. The van der Waals surface area contributed by atoms with Crippen LogP contribution < -0.4 is 19.1 Å². The Labute approximate surface area is 195 Å². The van der Waals surface area contributed by atoms with Crippen molar-refractivity contribution < 1.29 is 23.9 Å². The van der Waals surface area contributed by atoms with Crippen LogP contribution in [0.15, 0.2) is 60.7 Å². The summed E-state index contributed by atoms with van der Waals surface area (Å²) in [5.41, 5.74) is 1.82. The molecule has 9 heteroatoms. The summed E-state index contributed by atoms with van der Waals surface area (Å²) in [4.78, 5) is 25.5. The molecule has 170 valence electrons. The third-order valence-electron chi connectivity index (χ3n) is 5.50. The number of halogens is 1. The maximum atomic E-state index is 13.2. The third kappa shape index (κ3) is 4.17. The number of benzene rings is 3. The van der Waals surface area contributed by atoms with E-state index in [9.17, 15) is 14.9 Å². The van der Waals surface area contributed by atoms with Gasteiger partial charge in [0.2, 0.25) is 6.10 Å². The number of non-ortho nitro benzene ring substituents is 1. The maximum Gasteiger partial charge on any atom is 0.271 e. The summed E-state index contributed by atoms with van der Waals surface area (Å²) < 4.78 is 16.9. The Kier molecular flexibility index (Phi) is 6.11. The molecular formula is C24H21ClN2O6. The molecule has 1 saturated heterocycles. The molecule has 1 heterocycles. The van der Waals surface area contributed by atoms with Crippen molar-refractivity contribution in [2.45, 2.75) is 19.1 Å². The molecule has 0 unspecified atom stereocenters. The Hall–Kier alpha value is -3.78. The van der Waals surface area contributed by atoms with Crippen molar-refractivity contribution >= 4 is 28.9 Å². The number of carbonyl (C=O) groups excluding carboxylic acids is 1. The van der Waals surface area contributed by atoms with E-state index < -0.39 is 17.1 Å². The summed E-state index contributed by atoms with van der Waals surface area (Å²) in [5, 5.41) is 11.8. The topological polar surface area (TPSA) is 91.1 Å². The SMILES string of the molecule is COc1ccc([C@@H]2[C@H](Oc3ccc(Cl)cc3C)C(=O)N2c2cccc([N+](=O)[O-])c2)cc1OC. The minimum Gasteiger partial charge on any atom is -0.493 e. The summed E-state index contributed by atoms with van der Waals surface area (Å²) in [6, 6.07) is 15.9. The van der Waals surface area contributed by atoms with Crippen molar-refractivity contribution in [3.63, 3.8) is 0 Å². The third-order valence-corrected chi connectivity index (χ3v) is 5.74. The van der Waals surface area contributed by atoms with E-state index in [1.807, 2.05) is 13.0 Å². The number of hydrogen-bond donors (Lipinski definition) is 0. The summed E-state index contributed by atoms with van der Waals surface area (Å²) in [7, 11) is 3.06. The minimum absolute atomic E-state index is 0.107. The lowest BCUT2D eigenvalue weighted by molar-refractivity contribution is -0.384. The number of anilines is 1. The minimum atomic E-state index is -0.845. The zero-order valence-electron chi connectivity index (χ0n) is 18.2. The standard InChI is InChI=1S/C24H21ClN2O6/c1-14-11-16(25)8-10-19(14)33-23-22(15-7-9-20(31-2)21(12-15)32-3)26(24(23)28)17-5-4-6-18(13-17)27(29)30/h4-13,22-23H,1-3H3/t22-,23+/m1/s1. The van der Waals surface area contributed by atoms with Crippen LogP contribution in [-0.4, -0.2) is 31.2 Å². The van der Waals surface area contributed by atoms with Crippen LogP contribution in [0.1, 0.15) is 17.2 Å². The molecule has 0 saturated carbocycles. The largest absolute Gasteiger partial charge is 0.493 e. The molecule has 0 spiro atoms. The van der Waals surface area contributed by atoms with Gasteiger partial charge in [0.05, 0.1) is 24.8 Å². The molecule has 8 nitrogen and oxygen atoms in total. The zero-order chi connectivity index (χ0) is 23.7. The van der Waals surface area contributed by atoms with Crippen molar-refractivity contribution in [2.24, 2.45) is 0 Å². The van der Waals surface area contributed by atoms with E-state index in [1.165, 1.54) is 31.3 Å². The number of nitrogens with zero attached hydrogens (tertiary/aromatic N) is 2. The number of ether oxygens (including phenoxy) is 3. The molecule has 4 rings (SSSR count). The van der Waals surface area contributed by atoms with E-state index in [2.05, 4.69) is 0 Å². The lowest BCUT2D eigenvalue weighted by Gasteiger charge is -2.46. The second kappa shape index (κ2) is 8.99. The van der Waals surface area contributed by atoms with Gasteiger partial charge in [0.1, 0.15) is 11.8 Å². The van der Waals surface area contributed by atoms with Crippen molar-refractivity contribution in [1.29, 1.82) is 0 Å². The number of nitro groups is 1. The molecule has 1 fully saturated rings. The van der Waals surface area contributed by atoms with Gasteiger partial charge in [0.15, 0.2) is 11.5 Å². The number of methoxy groups -OCH3 is 2. The predicted molar refractivity (Wildman–Crippen MR) is 123 cm³/mol. The highest BCUT2D eigenvalue weighted by Gasteiger charge is 2.51. The fraction of sp³-hybridized carbons (Fsp3) is 0.208. The molecule has 3 aromatic carbocycles. The van der Waals surface area contributed by atoms with Crippen molar-refractivity contribution in [3.05, 3.63) is 86.9 Å². The van der Waals surface area contributed by atoms with E-state index in [1.54, 1.807) is 42.5 Å². The van der Waals surface area contributed by atoms with Crippen LogP contribution in [0.4, 0.5) is 11.4 Å². The summed E-state index contributed by atoms with van der Waals surface area (Å²) in [6.45, 7) is 1.84. The van der Waals surface area contributed by atoms with Gasteiger partial charge in [0.25, 0.3) is 11.6 Å². The van der Waals surface area contributed by atoms with Gasteiger partial charge < -0.3 is 14.2 Å². The molecule has 1 amide bonds. The lowest BCUT2D eigenvalue weighted by Crippen LogP contribution is -2.61. The highest BCUT2D eigenvalue weighted by Crippen LogP contribution is 2.44. The molecule has 33 heavy (non-hydrogen) atoms. The smallest absolute Gasteiger partial charge is 0.271 e. The van der Waals surface area contributed by atoms with Crippen LogP contribution in [0.5, 0.6) is 17.2 Å². The van der Waals surface area contributed by atoms with E-state index in [-0.39, 0.29) is 11.6 Å². The predicted octanol–water partition coefficient (Wildman–Crippen LogP) is 5.11. The number of β-lactam (4-membered cyclic amide) rings is 1. The fourth-order valence-corrected chi connectivity index (χ4v) is 4.09. The summed E-state index contributed by atoms with van der Waals surface area (Å²) in [6.07, 6.45) is -0.845. The summed E-state index contributed by atoms with van der Waals surface area (Å²) in [5.74, 6) is 1.25. The first-order chi connectivity index (χ1) is 15.8. The molecule has 3 aromatic rings. The first-order valence-electron chi connectivity index (χ1n) is 10.1. The maximum absolute atomic E-state index is 13.2. The van der Waals surface area contributed by atoms with Crippen LogP contribution in [-0.2, 0) is 4.79 Å². The van der Waals surface area contributed by atoms with E-state index in [0.29, 0.717) is 28.0 Å². The van der Waals surface area contributed by atoms with Gasteiger partial charge in [0, 0.05) is 17.2 Å². The molecule has 0 aliphatic carbocycles. The fourth-order valence-electron chi connectivity index (χ4n) is 3.86. The van der Waals surface area contributed by atoms with Crippen LogP contribution in [0.25, 0.3) is 0 Å². The Morgan fingerprint density at radius 3 is 2.36 bits per heavy atom. The Morgan fingerprint density at radius 2 is 1.70 bits per heavy atom. The second-order valence-electron chi connectivity index (χ2n) is 7.49. The van der Waals surface area contributed by atoms with Gasteiger partial charge in [-0.2, -0.15) is 0 Å². The molecule has 0 radical (unpaired) electrons. The van der Waals surface area contributed by atoms with Gasteiger partial charge in [-0.25, -0.2) is 0 Å². The van der Waals surface area contributed by atoms with Gasteiger partial charge in [-0.05, 0) is 54.4 Å². The first kappa shape index (κ1) is 22.4. The molecule has 0 bridgehead atoms. The Bertz CT molecular complexity index is 1230. The first-order valence-corrected chi connectivity index (χ1v) is 10.4. The number of rotatable bonds is 7. The molecule has 0 N–H and O–H groups in total. The van der Waals surface area contributed by atoms with Gasteiger partial charge in [-0.15, -0.1) is 0 Å². The molecule has 2 atom stereocenters. The normalized spacial score (nSPS) is 17.3. The van der Waals surface area contributed by atoms with Crippen molar-refractivity contribution in [2.75, 3.05) is 19.1 Å². The van der Waals surface area contributed by atoms with Gasteiger partial charge >= 0.3 is 0 Å². The molecule has 0 aromatic heterocycles. The Morgan fingerprint density at radius 1 is 0.970 bits per heavy atom. The quantitative estimate of drug-likeness (QED) is 0.272. The number of nitro benzene ring substituents is 1. The Balaban J connectivity index is 1.76. The van der Waals surface area contributed by atoms with Crippen LogP contribution in [0.2, 0.25) is 5.02 Å². The van der Waals surface area contributed by atoms with Gasteiger partial charge in [-0.1, -0.05) is 23.7 Å². The highest BCUT2D eigenvalue weighted by atomic mass is 35.5. The van der Waals surface area contributed by atoms with Crippen LogP contribution in [0.3, 0.4) is 0 Å². The second-order valence-corrected chi connectivity index (χ2v) is 7.93. The zero-order valence-corrected chi connectivity index (χ0v) is 18.9. The molecule has 1 aliphatic heterocycles.